The maximum atomic E-state index is 6.10. The molecule has 92 valence electrons. The molecule has 1 aliphatic heterocycles. The van der Waals surface area contributed by atoms with E-state index in [0.717, 1.165) is 24.4 Å². The lowest BCUT2D eigenvalue weighted by Crippen LogP contribution is -2.55. The Kier molecular flexibility index (Phi) is 2.75. The van der Waals surface area contributed by atoms with Gasteiger partial charge in [-0.15, -0.1) is 0 Å². The van der Waals surface area contributed by atoms with Crippen LogP contribution in [0, 0.1) is 11.8 Å². The van der Waals surface area contributed by atoms with E-state index in [1.807, 2.05) is 0 Å². The molecule has 0 spiro atoms. The van der Waals surface area contributed by atoms with Crippen molar-refractivity contribution in [2.24, 2.45) is 17.6 Å². The Morgan fingerprint density at radius 1 is 1.25 bits per heavy atom. The first-order chi connectivity index (χ1) is 7.71. The van der Waals surface area contributed by atoms with Crippen LogP contribution in [0.25, 0.3) is 0 Å². The molecule has 2 saturated carbocycles. The number of rotatable bonds is 4. The fraction of sp³-hybridized carbons (Fsp3) is 1.00. The van der Waals surface area contributed by atoms with E-state index in [2.05, 4.69) is 11.8 Å². The third kappa shape index (κ3) is 1.70. The number of nitrogens with two attached hydrogens (primary N) is 1. The van der Waals surface area contributed by atoms with Gasteiger partial charge in [0.1, 0.15) is 0 Å². The summed E-state index contributed by atoms with van der Waals surface area (Å²) < 4.78 is 0. The van der Waals surface area contributed by atoms with Gasteiger partial charge in [-0.05, 0) is 44.4 Å². The zero-order valence-electron chi connectivity index (χ0n) is 10.6. The monoisotopic (exact) mass is 222 g/mol. The van der Waals surface area contributed by atoms with Crippen molar-refractivity contribution in [2.45, 2.75) is 63.5 Å². The molecular weight excluding hydrogens is 196 g/mol. The van der Waals surface area contributed by atoms with Crippen molar-refractivity contribution in [2.75, 3.05) is 13.1 Å². The topological polar surface area (TPSA) is 29.3 Å². The van der Waals surface area contributed by atoms with Crippen LogP contribution < -0.4 is 5.73 Å². The second-order valence-electron chi connectivity index (χ2n) is 6.69. The number of piperidine rings is 1. The third-order valence-corrected chi connectivity index (χ3v) is 5.50. The standard InChI is InChI=1S/C14H26N2/c1-14(10-15,8-11-3-2-4-11)16-9-12-5-6-13(16)7-12/h11-13H,2-10,15H2,1H3. The molecule has 3 fully saturated rings. The highest BCUT2D eigenvalue weighted by atomic mass is 15.3. The molecule has 16 heavy (non-hydrogen) atoms. The van der Waals surface area contributed by atoms with E-state index in [1.54, 1.807) is 0 Å². The minimum Gasteiger partial charge on any atom is -0.329 e. The van der Waals surface area contributed by atoms with Crippen molar-refractivity contribution >= 4 is 0 Å². The highest BCUT2D eigenvalue weighted by Gasteiger charge is 2.46. The van der Waals surface area contributed by atoms with Crippen LogP contribution in [0.5, 0.6) is 0 Å². The molecule has 0 radical (unpaired) electrons. The Morgan fingerprint density at radius 2 is 2.06 bits per heavy atom. The zero-order valence-corrected chi connectivity index (χ0v) is 10.6. The van der Waals surface area contributed by atoms with Gasteiger partial charge in [0.05, 0.1) is 0 Å². The SMILES string of the molecule is CC(CN)(CC1CCC1)N1CC2CCC1C2. The normalized spacial score (nSPS) is 38.6. The Labute approximate surface area is 99.6 Å². The molecule has 2 nitrogen and oxygen atoms in total. The molecule has 0 aromatic carbocycles. The number of hydrogen-bond acceptors (Lipinski definition) is 2. The number of nitrogens with zero attached hydrogens (tertiary/aromatic N) is 1. The van der Waals surface area contributed by atoms with Crippen molar-refractivity contribution in [1.82, 2.24) is 4.90 Å². The summed E-state index contributed by atoms with van der Waals surface area (Å²) in [5.41, 5.74) is 6.41. The van der Waals surface area contributed by atoms with E-state index >= 15 is 0 Å². The highest BCUT2D eigenvalue weighted by molar-refractivity contribution is 5.02. The maximum absolute atomic E-state index is 6.10. The van der Waals surface area contributed by atoms with E-state index in [4.69, 9.17) is 5.73 Å². The number of likely N-dealkylation sites (tertiary alicyclic amines) is 1. The molecule has 0 amide bonds. The molecule has 0 aromatic rings. The quantitative estimate of drug-likeness (QED) is 0.791. The lowest BCUT2D eigenvalue weighted by molar-refractivity contribution is 0.0415. The van der Waals surface area contributed by atoms with Crippen LogP contribution in [0.2, 0.25) is 0 Å². The average molecular weight is 222 g/mol. The molecule has 3 aliphatic rings. The van der Waals surface area contributed by atoms with Crippen LogP contribution in [-0.4, -0.2) is 29.6 Å². The molecule has 3 unspecified atom stereocenters. The van der Waals surface area contributed by atoms with Gasteiger partial charge in [0.2, 0.25) is 0 Å². The van der Waals surface area contributed by atoms with Gasteiger partial charge in [-0.1, -0.05) is 19.3 Å². The van der Waals surface area contributed by atoms with Crippen LogP contribution in [0.15, 0.2) is 0 Å². The van der Waals surface area contributed by atoms with Gasteiger partial charge in [0.25, 0.3) is 0 Å². The molecule has 2 heteroatoms. The summed E-state index contributed by atoms with van der Waals surface area (Å²) in [5, 5.41) is 0. The van der Waals surface area contributed by atoms with E-state index in [0.29, 0.717) is 5.54 Å². The molecule has 3 atom stereocenters. The maximum Gasteiger partial charge on any atom is 0.0309 e. The second-order valence-corrected chi connectivity index (χ2v) is 6.69. The summed E-state index contributed by atoms with van der Waals surface area (Å²) in [6.07, 6.45) is 10.1. The molecule has 2 N–H and O–H groups in total. The Hall–Kier alpha value is -0.0800. The Balaban J connectivity index is 1.68. The van der Waals surface area contributed by atoms with Crippen LogP contribution in [0.3, 0.4) is 0 Å². The summed E-state index contributed by atoms with van der Waals surface area (Å²) in [6, 6.07) is 0.874. The van der Waals surface area contributed by atoms with Gasteiger partial charge in [0, 0.05) is 24.7 Å². The highest BCUT2D eigenvalue weighted by Crippen LogP contribution is 2.44. The first-order valence-corrected chi connectivity index (χ1v) is 7.18. The molecule has 2 aliphatic carbocycles. The van der Waals surface area contributed by atoms with Crippen LogP contribution in [-0.2, 0) is 0 Å². The van der Waals surface area contributed by atoms with Crippen LogP contribution in [0.4, 0.5) is 0 Å². The van der Waals surface area contributed by atoms with Gasteiger partial charge in [-0.2, -0.15) is 0 Å². The molecule has 0 aromatic heterocycles. The van der Waals surface area contributed by atoms with Crippen molar-refractivity contribution in [3.8, 4) is 0 Å². The second kappa shape index (κ2) is 3.99. The number of fused-ring (bicyclic) bond motifs is 2. The fourth-order valence-corrected chi connectivity index (χ4v) is 4.22. The van der Waals surface area contributed by atoms with E-state index in [1.165, 1.54) is 51.5 Å². The number of hydrogen-bond donors (Lipinski definition) is 1. The predicted octanol–water partition coefficient (Wildman–Crippen LogP) is 2.38. The molecule has 1 saturated heterocycles. The van der Waals surface area contributed by atoms with E-state index in [-0.39, 0.29) is 0 Å². The van der Waals surface area contributed by atoms with Gasteiger partial charge in [-0.3, -0.25) is 4.90 Å². The molecule has 1 heterocycles. The minimum atomic E-state index is 0.310. The first kappa shape index (κ1) is 11.0. The summed E-state index contributed by atoms with van der Waals surface area (Å²) >= 11 is 0. The molecule has 3 rings (SSSR count). The van der Waals surface area contributed by atoms with E-state index in [9.17, 15) is 0 Å². The molecule has 2 bridgehead atoms. The fourth-order valence-electron chi connectivity index (χ4n) is 4.22. The van der Waals surface area contributed by atoms with Crippen molar-refractivity contribution in [3.05, 3.63) is 0 Å². The summed E-state index contributed by atoms with van der Waals surface area (Å²) in [7, 11) is 0. The minimum absolute atomic E-state index is 0.310. The van der Waals surface area contributed by atoms with Gasteiger partial charge in [0.15, 0.2) is 0 Å². The van der Waals surface area contributed by atoms with Crippen molar-refractivity contribution in [1.29, 1.82) is 0 Å². The van der Waals surface area contributed by atoms with Crippen LogP contribution in [0.1, 0.15) is 51.9 Å². The average Bonchev–Trinajstić information content (AvgIpc) is 2.85. The Morgan fingerprint density at radius 3 is 2.50 bits per heavy atom. The van der Waals surface area contributed by atoms with Crippen molar-refractivity contribution < 1.29 is 0 Å². The van der Waals surface area contributed by atoms with Crippen molar-refractivity contribution in [3.63, 3.8) is 0 Å². The summed E-state index contributed by atoms with van der Waals surface area (Å²) in [6.45, 7) is 4.61. The lowest BCUT2D eigenvalue weighted by Gasteiger charge is -2.46. The largest absolute Gasteiger partial charge is 0.329 e. The molecular formula is C14H26N2. The van der Waals surface area contributed by atoms with E-state index < -0.39 is 0 Å². The van der Waals surface area contributed by atoms with Gasteiger partial charge < -0.3 is 5.73 Å². The smallest absolute Gasteiger partial charge is 0.0309 e. The Bertz CT molecular complexity index is 261. The zero-order chi connectivity index (χ0) is 11.2. The predicted molar refractivity (Wildman–Crippen MR) is 67.3 cm³/mol. The van der Waals surface area contributed by atoms with Gasteiger partial charge in [-0.25, -0.2) is 0 Å². The lowest BCUT2D eigenvalue weighted by atomic mass is 9.75. The first-order valence-electron chi connectivity index (χ1n) is 7.18. The van der Waals surface area contributed by atoms with Crippen LogP contribution >= 0.6 is 0 Å². The van der Waals surface area contributed by atoms with Gasteiger partial charge >= 0.3 is 0 Å². The summed E-state index contributed by atoms with van der Waals surface area (Å²) in [4.78, 5) is 2.78. The third-order valence-electron chi connectivity index (χ3n) is 5.50. The summed E-state index contributed by atoms with van der Waals surface area (Å²) in [5.74, 6) is 1.98.